The van der Waals surface area contributed by atoms with Gasteiger partial charge in [-0.2, -0.15) is 0 Å². The topological polar surface area (TPSA) is 86.3 Å². The van der Waals surface area contributed by atoms with E-state index in [0.29, 0.717) is 112 Å². The third-order valence-electron chi connectivity index (χ3n) is 3.86. The molecule has 0 atom stereocenters. The van der Waals surface area contributed by atoms with Gasteiger partial charge in [-0.3, -0.25) is 0 Å². The van der Waals surface area contributed by atoms with Gasteiger partial charge in [-0.1, -0.05) is 0 Å². The normalized spacial score (nSPS) is 11.6. The van der Waals surface area contributed by atoms with E-state index in [1.165, 1.54) is 0 Å². The minimum Gasteiger partial charge on any atom is -0.379 e. The highest BCUT2D eigenvalue weighted by molar-refractivity contribution is 4.41. The van der Waals surface area contributed by atoms with Crippen molar-refractivity contribution >= 4 is 0 Å². The van der Waals surface area contributed by atoms with Gasteiger partial charge in [0.1, 0.15) is 0 Å². The maximum Gasteiger partial charge on any atom is 0.0701 e. The molecule has 0 heterocycles. The van der Waals surface area contributed by atoms with E-state index in [1.807, 2.05) is 21.0 Å². The van der Waals surface area contributed by atoms with Crippen LogP contribution in [0, 0.1) is 0 Å². The molecule has 0 aromatic heterocycles. The molecule has 0 unspecified atom stereocenters. The fraction of sp³-hybridized carbons (Fsp3) is 1.00. The zero-order valence-corrected chi connectivity index (χ0v) is 20.6. The molecule has 10 nitrogen and oxygen atoms in total. The summed E-state index contributed by atoms with van der Waals surface area (Å²) in [6.07, 6.45) is 0. The maximum absolute atomic E-state index is 5.44. The van der Waals surface area contributed by atoms with Crippen LogP contribution in [-0.4, -0.2) is 144 Å². The molecule has 0 spiro atoms. The standard InChI is InChI=1S/C22H47NO9/c1-4-24-7-8-26-11-12-28-15-16-30-19-20-32-22-21-31-18-17-29-14-13-27-10-9-25-6-5-23(2)3/h4-22H2,1-3H3. The van der Waals surface area contributed by atoms with Crippen molar-refractivity contribution in [3.63, 3.8) is 0 Å². The molecule has 0 aliphatic rings. The Kier molecular flexibility index (Phi) is 28.3. The van der Waals surface area contributed by atoms with Crippen molar-refractivity contribution < 1.29 is 42.6 Å². The molecule has 0 bridgehead atoms. The molecule has 0 saturated heterocycles. The average Bonchev–Trinajstić information content (AvgIpc) is 2.78. The van der Waals surface area contributed by atoms with Crippen molar-refractivity contribution in [2.75, 3.05) is 140 Å². The molecule has 0 radical (unpaired) electrons. The lowest BCUT2D eigenvalue weighted by Crippen LogP contribution is -2.19. The molecule has 0 aromatic rings. The Morgan fingerprint density at radius 1 is 0.344 bits per heavy atom. The van der Waals surface area contributed by atoms with Gasteiger partial charge in [-0.15, -0.1) is 0 Å². The smallest absolute Gasteiger partial charge is 0.0701 e. The lowest BCUT2D eigenvalue weighted by molar-refractivity contribution is -0.0249. The molecule has 0 rings (SSSR count). The molecule has 0 aromatic carbocycles. The van der Waals surface area contributed by atoms with Crippen molar-refractivity contribution in [3.8, 4) is 0 Å². The first-order valence-electron chi connectivity index (χ1n) is 11.6. The lowest BCUT2D eigenvalue weighted by Gasteiger charge is -2.10. The van der Waals surface area contributed by atoms with Crippen molar-refractivity contribution in [2.24, 2.45) is 0 Å². The van der Waals surface area contributed by atoms with Crippen LogP contribution in [0.1, 0.15) is 6.92 Å². The highest BCUT2D eigenvalue weighted by atomic mass is 16.6. The summed E-state index contributed by atoms with van der Waals surface area (Å²) in [5.74, 6) is 0. The average molecular weight is 470 g/mol. The fourth-order valence-electron chi connectivity index (χ4n) is 2.15. The van der Waals surface area contributed by atoms with Gasteiger partial charge in [0.05, 0.1) is 112 Å². The molecular weight excluding hydrogens is 422 g/mol. The third kappa shape index (κ3) is 29.6. The van der Waals surface area contributed by atoms with Crippen LogP contribution < -0.4 is 0 Å². The summed E-state index contributed by atoms with van der Waals surface area (Å²) in [5, 5.41) is 0. The summed E-state index contributed by atoms with van der Waals surface area (Å²) in [6, 6.07) is 0. The SMILES string of the molecule is CCOCCOCCOCCOCCOCCOCCOCCOCCOCCN(C)C. The molecule has 0 fully saturated rings. The Labute approximate surface area is 194 Å². The van der Waals surface area contributed by atoms with Gasteiger partial charge >= 0.3 is 0 Å². The quantitative estimate of drug-likeness (QED) is 0.153. The second-order valence-electron chi connectivity index (χ2n) is 6.90. The maximum atomic E-state index is 5.44. The van der Waals surface area contributed by atoms with Gasteiger partial charge < -0.3 is 47.5 Å². The van der Waals surface area contributed by atoms with Crippen LogP contribution in [0.5, 0.6) is 0 Å². The summed E-state index contributed by atoms with van der Waals surface area (Å²) in [6.45, 7) is 13.3. The Bertz CT molecular complexity index is 339. The van der Waals surface area contributed by atoms with Crippen molar-refractivity contribution in [1.29, 1.82) is 0 Å². The van der Waals surface area contributed by atoms with Gasteiger partial charge in [0.2, 0.25) is 0 Å². The largest absolute Gasteiger partial charge is 0.379 e. The summed E-state index contributed by atoms with van der Waals surface area (Å²) in [4.78, 5) is 2.08. The van der Waals surface area contributed by atoms with Crippen LogP contribution in [0.4, 0.5) is 0 Å². The predicted octanol–water partition coefficient (Wildman–Crippen LogP) is 0.717. The van der Waals surface area contributed by atoms with Gasteiger partial charge in [0.15, 0.2) is 0 Å². The molecule has 0 aliphatic heterocycles. The van der Waals surface area contributed by atoms with Crippen LogP contribution in [0.3, 0.4) is 0 Å². The van der Waals surface area contributed by atoms with E-state index >= 15 is 0 Å². The van der Waals surface area contributed by atoms with Gasteiger partial charge in [-0.25, -0.2) is 0 Å². The van der Waals surface area contributed by atoms with Crippen LogP contribution >= 0.6 is 0 Å². The van der Waals surface area contributed by atoms with Gasteiger partial charge in [0.25, 0.3) is 0 Å². The second kappa shape index (κ2) is 28.6. The molecule has 0 saturated carbocycles. The van der Waals surface area contributed by atoms with Crippen LogP contribution in [-0.2, 0) is 42.6 Å². The van der Waals surface area contributed by atoms with Crippen LogP contribution in [0.15, 0.2) is 0 Å². The molecule has 0 N–H and O–H groups in total. The molecular formula is C22H47NO9. The summed E-state index contributed by atoms with van der Waals surface area (Å²) in [7, 11) is 4.04. The van der Waals surface area contributed by atoms with Crippen LogP contribution in [0.25, 0.3) is 0 Å². The van der Waals surface area contributed by atoms with Gasteiger partial charge in [0, 0.05) is 13.2 Å². The van der Waals surface area contributed by atoms with Crippen molar-refractivity contribution in [2.45, 2.75) is 6.92 Å². The number of hydrogen-bond donors (Lipinski definition) is 0. The van der Waals surface area contributed by atoms with Crippen molar-refractivity contribution in [1.82, 2.24) is 4.90 Å². The zero-order valence-electron chi connectivity index (χ0n) is 20.6. The first-order valence-corrected chi connectivity index (χ1v) is 11.6. The number of likely N-dealkylation sites (N-methyl/N-ethyl adjacent to an activating group) is 1. The molecule has 32 heavy (non-hydrogen) atoms. The summed E-state index contributed by atoms with van der Waals surface area (Å²) >= 11 is 0. The minimum absolute atomic E-state index is 0.538. The van der Waals surface area contributed by atoms with E-state index in [1.54, 1.807) is 0 Å². The van der Waals surface area contributed by atoms with Gasteiger partial charge in [-0.05, 0) is 21.0 Å². The van der Waals surface area contributed by atoms with E-state index in [4.69, 9.17) is 42.6 Å². The monoisotopic (exact) mass is 469 g/mol. The van der Waals surface area contributed by atoms with E-state index in [0.717, 1.165) is 13.2 Å². The summed E-state index contributed by atoms with van der Waals surface area (Å²) in [5.41, 5.74) is 0. The minimum atomic E-state index is 0.538. The molecule has 194 valence electrons. The fourth-order valence-corrected chi connectivity index (χ4v) is 2.15. The number of nitrogens with zero attached hydrogens (tertiary/aromatic N) is 1. The van der Waals surface area contributed by atoms with Crippen LogP contribution in [0.2, 0.25) is 0 Å². The molecule has 0 amide bonds. The molecule has 10 heteroatoms. The Morgan fingerprint density at radius 2 is 0.562 bits per heavy atom. The first kappa shape index (κ1) is 31.6. The number of ether oxygens (including phenoxy) is 9. The highest BCUT2D eigenvalue weighted by Gasteiger charge is 1.95. The highest BCUT2D eigenvalue weighted by Crippen LogP contribution is 1.86. The summed E-state index contributed by atoms with van der Waals surface area (Å²) < 4.78 is 48.5. The number of rotatable bonds is 28. The Balaban J connectivity index is 3.00. The molecule has 0 aliphatic carbocycles. The lowest BCUT2D eigenvalue weighted by atomic mass is 10.6. The third-order valence-corrected chi connectivity index (χ3v) is 3.86. The number of hydrogen-bond acceptors (Lipinski definition) is 10. The zero-order chi connectivity index (χ0) is 23.4. The predicted molar refractivity (Wildman–Crippen MR) is 122 cm³/mol. The Morgan fingerprint density at radius 3 is 0.781 bits per heavy atom. The second-order valence-corrected chi connectivity index (χ2v) is 6.90. The van der Waals surface area contributed by atoms with E-state index < -0.39 is 0 Å². The van der Waals surface area contributed by atoms with E-state index in [9.17, 15) is 0 Å². The van der Waals surface area contributed by atoms with E-state index in [2.05, 4.69) is 4.90 Å². The first-order chi connectivity index (χ1) is 15.8. The van der Waals surface area contributed by atoms with E-state index in [-0.39, 0.29) is 0 Å². The van der Waals surface area contributed by atoms with Crippen molar-refractivity contribution in [3.05, 3.63) is 0 Å². The Hall–Kier alpha value is -0.400.